The summed E-state index contributed by atoms with van der Waals surface area (Å²) in [6, 6.07) is 30.1. The maximum Gasteiger partial charge on any atom is 0.285 e. The Hall–Kier alpha value is -3.76. The molecular weight excluding hydrogens is 390 g/mol. The van der Waals surface area contributed by atoms with Crippen LogP contribution in [0, 0.1) is 10.1 Å². The lowest BCUT2D eigenvalue weighted by Crippen LogP contribution is -1.94. The van der Waals surface area contributed by atoms with Gasteiger partial charge in [-0.15, -0.1) is 11.3 Å². The summed E-state index contributed by atoms with van der Waals surface area (Å²) in [5.41, 5.74) is 1.76. The van der Waals surface area contributed by atoms with Gasteiger partial charge >= 0.3 is 0 Å². The summed E-state index contributed by atoms with van der Waals surface area (Å²) in [5, 5.41) is 18.4. The number of nitro groups is 1. The normalized spacial score (nSPS) is 11.6. The maximum absolute atomic E-state index is 12.2. The van der Waals surface area contributed by atoms with Crippen LogP contribution in [-0.4, -0.2) is 4.92 Å². The molecule has 0 saturated carbocycles. The van der Waals surface area contributed by atoms with Crippen molar-refractivity contribution in [1.82, 2.24) is 0 Å². The minimum Gasteiger partial charge on any atom is -0.258 e. The fraction of sp³-hybridized carbons (Fsp3) is 0. The van der Waals surface area contributed by atoms with Gasteiger partial charge in [0.15, 0.2) is 0 Å². The van der Waals surface area contributed by atoms with Crippen molar-refractivity contribution in [3.05, 3.63) is 101 Å². The number of nitrogens with zero attached hydrogens (tertiary/aromatic N) is 1. The Labute approximate surface area is 176 Å². The lowest BCUT2D eigenvalue weighted by molar-refractivity contribution is -0.382. The van der Waals surface area contributed by atoms with Gasteiger partial charge in [-0.25, -0.2) is 0 Å². The van der Waals surface area contributed by atoms with E-state index in [1.165, 1.54) is 20.9 Å². The van der Waals surface area contributed by atoms with E-state index >= 15 is 0 Å². The highest BCUT2D eigenvalue weighted by Gasteiger charge is 2.23. The highest BCUT2D eigenvalue weighted by atomic mass is 32.1. The van der Waals surface area contributed by atoms with Crippen molar-refractivity contribution in [1.29, 1.82) is 0 Å². The molecule has 1 aromatic heterocycles. The molecule has 4 heteroatoms. The second kappa shape index (κ2) is 6.37. The Bertz CT molecular complexity index is 1630. The SMILES string of the molecule is O=[N+]([O-])c1c(-c2cc3ccccc3c3c2sc2ccccc23)ccc2ccccc12. The summed E-state index contributed by atoms with van der Waals surface area (Å²) < 4.78 is 2.28. The zero-order valence-electron chi connectivity index (χ0n) is 15.8. The standard InChI is InChI=1S/C26H15NO2S/c28-27(29)25-19-10-4-1-7-16(19)13-14-20(25)22-15-17-8-2-3-9-18(17)24-21-11-5-6-12-23(21)30-26(22)24/h1-15H. The minimum absolute atomic E-state index is 0.169. The van der Waals surface area contributed by atoms with E-state index in [-0.39, 0.29) is 10.6 Å². The number of benzene rings is 5. The van der Waals surface area contributed by atoms with Crippen molar-refractivity contribution in [3.8, 4) is 11.1 Å². The first-order valence-electron chi connectivity index (χ1n) is 9.72. The first-order chi connectivity index (χ1) is 14.7. The molecule has 0 atom stereocenters. The number of rotatable bonds is 2. The molecule has 1 heterocycles. The van der Waals surface area contributed by atoms with Crippen LogP contribution in [0.15, 0.2) is 91.0 Å². The average molecular weight is 405 g/mol. The van der Waals surface area contributed by atoms with Gasteiger partial charge in [0.2, 0.25) is 0 Å². The van der Waals surface area contributed by atoms with Gasteiger partial charge in [0.05, 0.1) is 15.9 Å². The van der Waals surface area contributed by atoms with Crippen LogP contribution >= 0.6 is 11.3 Å². The number of hydrogen-bond acceptors (Lipinski definition) is 3. The fourth-order valence-electron chi connectivity index (χ4n) is 4.44. The van der Waals surface area contributed by atoms with Crippen molar-refractivity contribution < 1.29 is 4.92 Å². The lowest BCUT2D eigenvalue weighted by atomic mass is 9.94. The van der Waals surface area contributed by atoms with E-state index in [0.29, 0.717) is 10.9 Å². The van der Waals surface area contributed by atoms with Crippen LogP contribution in [0.1, 0.15) is 0 Å². The summed E-state index contributed by atoms with van der Waals surface area (Å²) in [7, 11) is 0. The Kier molecular flexibility index (Phi) is 3.64. The van der Waals surface area contributed by atoms with Gasteiger partial charge in [0, 0.05) is 25.7 Å². The molecule has 0 aliphatic carbocycles. The molecule has 142 valence electrons. The van der Waals surface area contributed by atoms with E-state index in [0.717, 1.165) is 21.0 Å². The molecule has 6 rings (SSSR count). The quantitative estimate of drug-likeness (QED) is 0.217. The van der Waals surface area contributed by atoms with Crippen LogP contribution in [0.5, 0.6) is 0 Å². The highest BCUT2D eigenvalue weighted by molar-refractivity contribution is 7.26. The van der Waals surface area contributed by atoms with E-state index < -0.39 is 0 Å². The van der Waals surface area contributed by atoms with Crippen molar-refractivity contribution in [2.45, 2.75) is 0 Å². The van der Waals surface area contributed by atoms with E-state index in [4.69, 9.17) is 0 Å². The molecule has 30 heavy (non-hydrogen) atoms. The summed E-state index contributed by atoms with van der Waals surface area (Å²) >= 11 is 1.70. The van der Waals surface area contributed by atoms with Crippen LogP contribution in [0.4, 0.5) is 5.69 Å². The van der Waals surface area contributed by atoms with Gasteiger partial charge in [-0.05, 0) is 40.4 Å². The highest BCUT2D eigenvalue weighted by Crippen LogP contribution is 2.47. The van der Waals surface area contributed by atoms with Crippen LogP contribution in [0.25, 0.3) is 52.8 Å². The molecule has 0 amide bonds. The van der Waals surface area contributed by atoms with E-state index in [2.05, 4.69) is 36.4 Å². The minimum atomic E-state index is -0.244. The van der Waals surface area contributed by atoms with Gasteiger partial charge in [-0.2, -0.15) is 0 Å². The third-order valence-electron chi connectivity index (χ3n) is 5.74. The fourth-order valence-corrected chi connectivity index (χ4v) is 5.69. The second-order valence-electron chi connectivity index (χ2n) is 7.39. The van der Waals surface area contributed by atoms with Crippen LogP contribution < -0.4 is 0 Å². The van der Waals surface area contributed by atoms with Crippen molar-refractivity contribution in [3.63, 3.8) is 0 Å². The van der Waals surface area contributed by atoms with Gasteiger partial charge < -0.3 is 0 Å². The van der Waals surface area contributed by atoms with Crippen LogP contribution in [0.3, 0.4) is 0 Å². The van der Waals surface area contributed by atoms with Crippen molar-refractivity contribution in [2.75, 3.05) is 0 Å². The zero-order valence-corrected chi connectivity index (χ0v) is 16.6. The molecule has 6 aromatic rings. The second-order valence-corrected chi connectivity index (χ2v) is 8.44. The summed E-state index contributed by atoms with van der Waals surface area (Å²) in [4.78, 5) is 11.9. The summed E-state index contributed by atoms with van der Waals surface area (Å²) in [6.45, 7) is 0. The molecule has 0 aliphatic rings. The smallest absolute Gasteiger partial charge is 0.258 e. The molecule has 5 aromatic carbocycles. The molecule has 0 bridgehead atoms. The third kappa shape index (κ3) is 2.38. The predicted octanol–water partition coefficient (Wildman–Crippen LogP) is 7.94. The van der Waals surface area contributed by atoms with Gasteiger partial charge in [-0.1, -0.05) is 66.7 Å². The summed E-state index contributed by atoms with van der Waals surface area (Å²) in [6.07, 6.45) is 0. The zero-order chi connectivity index (χ0) is 20.2. The topological polar surface area (TPSA) is 43.1 Å². The molecule has 0 aliphatic heterocycles. The van der Waals surface area contributed by atoms with Crippen molar-refractivity contribution >= 4 is 58.7 Å². The van der Waals surface area contributed by atoms with Gasteiger partial charge in [0.25, 0.3) is 5.69 Å². The lowest BCUT2D eigenvalue weighted by Gasteiger charge is -2.10. The largest absolute Gasteiger partial charge is 0.285 e. The summed E-state index contributed by atoms with van der Waals surface area (Å²) in [5.74, 6) is 0. The van der Waals surface area contributed by atoms with E-state index in [1.54, 1.807) is 11.3 Å². The first kappa shape index (κ1) is 17.1. The number of thiophene rings is 1. The van der Waals surface area contributed by atoms with E-state index in [1.807, 2.05) is 54.6 Å². The number of hydrogen-bond donors (Lipinski definition) is 0. The molecule has 0 saturated heterocycles. The average Bonchev–Trinajstić information content (AvgIpc) is 3.17. The maximum atomic E-state index is 12.2. The monoisotopic (exact) mass is 405 g/mol. The number of fused-ring (bicyclic) bond motifs is 6. The molecule has 0 spiro atoms. The number of nitro benzene ring substituents is 1. The Morgan fingerprint density at radius 2 is 1.33 bits per heavy atom. The van der Waals surface area contributed by atoms with Crippen LogP contribution in [0.2, 0.25) is 0 Å². The molecule has 0 fully saturated rings. The first-order valence-corrected chi connectivity index (χ1v) is 10.5. The third-order valence-corrected chi connectivity index (χ3v) is 6.95. The molecule has 0 radical (unpaired) electrons. The van der Waals surface area contributed by atoms with E-state index in [9.17, 15) is 10.1 Å². The predicted molar refractivity (Wildman–Crippen MR) is 126 cm³/mol. The Morgan fingerprint density at radius 3 is 2.13 bits per heavy atom. The van der Waals surface area contributed by atoms with Crippen LogP contribution in [-0.2, 0) is 0 Å². The molecule has 3 nitrogen and oxygen atoms in total. The molecular formula is C26H15NO2S. The van der Waals surface area contributed by atoms with Crippen molar-refractivity contribution in [2.24, 2.45) is 0 Å². The van der Waals surface area contributed by atoms with Gasteiger partial charge in [0.1, 0.15) is 0 Å². The Balaban J connectivity index is 1.84. The van der Waals surface area contributed by atoms with Gasteiger partial charge in [-0.3, -0.25) is 10.1 Å². The molecule has 0 N–H and O–H groups in total. The Morgan fingerprint density at radius 1 is 0.667 bits per heavy atom. The molecule has 0 unspecified atom stereocenters.